The molecule has 6 nitrogen and oxygen atoms in total. The second-order valence-corrected chi connectivity index (χ2v) is 6.59. The van der Waals surface area contributed by atoms with Crippen molar-refractivity contribution in [1.29, 1.82) is 0 Å². The highest BCUT2D eigenvalue weighted by Crippen LogP contribution is 2.32. The van der Waals surface area contributed by atoms with E-state index in [0.717, 1.165) is 48.5 Å². The highest BCUT2D eigenvalue weighted by Gasteiger charge is 2.21. The Morgan fingerprint density at radius 3 is 2.58 bits per heavy atom. The van der Waals surface area contributed by atoms with Crippen LogP contribution in [0.3, 0.4) is 0 Å². The molecular weight excluding hydrogens is 322 g/mol. The summed E-state index contributed by atoms with van der Waals surface area (Å²) in [6.07, 6.45) is 3.58. The molecule has 0 saturated carbocycles. The third-order valence-electron chi connectivity index (χ3n) is 4.04. The van der Waals surface area contributed by atoms with Gasteiger partial charge in [-0.2, -0.15) is 0 Å². The number of fused-ring (bicyclic) bond motifs is 1. The lowest BCUT2D eigenvalue weighted by Crippen LogP contribution is -2.47. The van der Waals surface area contributed by atoms with Gasteiger partial charge in [0, 0.05) is 38.6 Å². The minimum atomic E-state index is 0.681. The molecule has 0 bridgehead atoms. The van der Waals surface area contributed by atoms with E-state index in [1.165, 1.54) is 4.70 Å². The van der Waals surface area contributed by atoms with Crippen LogP contribution < -0.4 is 14.5 Å². The summed E-state index contributed by atoms with van der Waals surface area (Å²) in [5.74, 6) is 1.72. The van der Waals surface area contributed by atoms with Crippen LogP contribution in [0, 0.1) is 0 Å². The molecule has 0 spiro atoms. The van der Waals surface area contributed by atoms with E-state index < -0.39 is 0 Å². The molecule has 4 rings (SSSR count). The number of thiazole rings is 1. The molecule has 0 unspecified atom stereocenters. The molecular formula is C17H19N5OS. The molecule has 3 heterocycles. The van der Waals surface area contributed by atoms with Crippen LogP contribution in [0.15, 0.2) is 36.7 Å². The fourth-order valence-electron chi connectivity index (χ4n) is 2.84. The first-order valence-electron chi connectivity index (χ1n) is 8.14. The molecule has 7 heteroatoms. The van der Waals surface area contributed by atoms with Crippen LogP contribution in [0.2, 0.25) is 0 Å². The normalized spacial score (nSPS) is 15.0. The fraction of sp³-hybridized carbons (Fsp3) is 0.353. The summed E-state index contributed by atoms with van der Waals surface area (Å²) in [6.45, 7) is 6.35. The summed E-state index contributed by atoms with van der Waals surface area (Å²) in [6, 6.07) is 7.94. The van der Waals surface area contributed by atoms with Crippen molar-refractivity contribution in [3.8, 4) is 5.75 Å². The van der Waals surface area contributed by atoms with Gasteiger partial charge in [-0.1, -0.05) is 11.3 Å². The van der Waals surface area contributed by atoms with E-state index in [1.807, 2.05) is 25.1 Å². The van der Waals surface area contributed by atoms with Gasteiger partial charge in [-0.15, -0.1) is 0 Å². The zero-order valence-electron chi connectivity index (χ0n) is 13.6. The summed E-state index contributed by atoms with van der Waals surface area (Å²) in [7, 11) is 0. The van der Waals surface area contributed by atoms with Crippen molar-refractivity contribution in [3.05, 3.63) is 36.7 Å². The SMILES string of the molecule is CCOc1ccc2nc(N3CCN(c4ncccn4)CC3)sc2c1. The Hall–Kier alpha value is -2.41. The quantitative estimate of drug-likeness (QED) is 0.727. The predicted molar refractivity (Wildman–Crippen MR) is 97.2 cm³/mol. The van der Waals surface area contributed by atoms with Gasteiger partial charge in [-0.25, -0.2) is 15.0 Å². The topological polar surface area (TPSA) is 54.4 Å². The van der Waals surface area contributed by atoms with Crippen molar-refractivity contribution in [3.63, 3.8) is 0 Å². The van der Waals surface area contributed by atoms with E-state index in [0.29, 0.717) is 6.61 Å². The lowest BCUT2D eigenvalue weighted by atomic mass is 10.3. The molecule has 1 aliphatic rings. The average molecular weight is 341 g/mol. The number of benzene rings is 1. The molecule has 0 aliphatic carbocycles. The highest BCUT2D eigenvalue weighted by atomic mass is 32.1. The van der Waals surface area contributed by atoms with E-state index in [1.54, 1.807) is 23.7 Å². The zero-order valence-corrected chi connectivity index (χ0v) is 14.4. The third-order valence-corrected chi connectivity index (χ3v) is 5.12. The molecule has 3 aromatic rings. The second kappa shape index (κ2) is 6.60. The smallest absolute Gasteiger partial charge is 0.225 e. The van der Waals surface area contributed by atoms with Gasteiger partial charge < -0.3 is 14.5 Å². The Balaban J connectivity index is 1.48. The van der Waals surface area contributed by atoms with Crippen LogP contribution in [-0.2, 0) is 0 Å². The van der Waals surface area contributed by atoms with Gasteiger partial charge in [0.2, 0.25) is 5.95 Å². The maximum absolute atomic E-state index is 5.58. The van der Waals surface area contributed by atoms with Gasteiger partial charge in [0.1, 0.15) is 5.75 Å². The van der Waals surface area contributed by atoms with Crippen LogP contribution in [0.1, 0.15) is 6.92 Å². The number of hydrogen-bond acceptors (Lipinski definition) is 7. The standard InChI is InChI=1S/C17H19N5OS/c1-2-23-13-4-5-14-15(12-13)24-17(20-14)22-10-8-21(9-11-22)16-18-6-3-7-19-16/h3-7,12H,2,8-11H2,1H3. The van der Waals surface area contributed by atoms with Crippen LogP contribution >= 0.6 is 11.3 Å². The Morgan fingerprint density at radius 1 is 1.08 bits per heavy atom. The van der Waals surface area contributed by atoms with E-state index >= 15 is 0 Å². The molecule has 1 saturated heterocycles. The Kier molecular flexibility index (Phi) is 4.17. The molecule has 1 aliphatic heterocycles. The summed E-state index contributed by atoms with van der Waals surface area (Å²) in [4.78, 5) is 18.0. The lowest BCUT2D eigenvalue weighted by molar-refractivity contribution is 0.341. The van der Waals surface area contributed by atoms with Crippen molar-refractivity contribution in [2.75, 3.05) is 42.6 Å². The van der Waals surface area contributed by atoms with E-state index in [9.17, 15) is 0 Å². The van der Waals surface area contributed by atoms with Gasteiger partial charge in [0.15, 0.2) is 5.13 Å². The van der Waals surface area contributed by atoms with Crippen LogP contribution in [-0.4, -0.2) is 47.7 Å². The fourth-order valence-corrected chi connectivity index (χ4v) is 3.88. The average Bonchev–Trinajstić information content (AvgIpc) is 3.06. The minimum Gasteiger partial charge on any atom is -0.494 e. The summed E-state index contributed by atoms with van der Waals surface area (Å²) < 4.78 is 6.75. The van der Waals surface area contributed by atoms with Gasteiger partial charge in [0.05, 0.1) is 16.8 Å². The van der Waals surface area contributed by atoms with Crippen molar-refractivity contribution >= 4 is 32.6 Å². The molecule has 2 aromatic heterocycles. The molecule has 124 valence electrons. The van der Waals surface area contributed by atoms with Crippen LogP contribution in [0.4, 0.5) is 11.1 Å². The first-order valence-corrected chi connectivity index (χ1v) is 8.95. The van der Waals surface area contributed by atoms with Gasteiger partial charge >= 0.3 is 0 Å². The number of ether oxygens (including phenoxy) is 1. The Bertz CT molecular complexity index is 814. The van der Waals surface area contributed by atoms with Crippen LogP contribution in [0.25, 0.3) is 10.2 Å². The number of rotatable bonds is 4. The predicted octanol–water partition coefficient (Wildman–Crippen LogP) is 2.81. The van der Waals surface area contributed by atoms with Crippen molar-refractivity contribution < 1.29 is 4.74 Å². The maximum atomic E-state index is 5.58. The zero-order chi connectivity index (χ0) is 16.4. The van der Waals surface area contributed by atoms with Gasteiger partial charge in [-0.3, -0.25) is 0 Å². The second-order valence-electron chi connectivity index (χ2n) is 5.58. The monoisotopic (exact) mass is 341 g/mol. The van der Waals surface area contributed by atoms with Gasteiger partial charge in [0.25, 0.3) is 0 Å². The number of anilines is 2. The molecule has 0 radical (unpaired) electrons. The highest BCUT2D eigenvalue weighted by molar-refractivity contribution is 7.22. The van der Waals surface area contributed by atoms with Crippen molar-refractivity contribution in [2.24, 2.45) is 0 Å². The number of hydrogen-bond donors (Lipinski definition) is 0. The lowest BCUT2D eigenvalue weighted by Gasteiger charge is -2.34. The van der Waals surface area contributed by atoms with Crippen molar-refractivity contribution in [2.45, 2.75) is 6.92 Å². The Labute approximate surface area is 144 Å². The van der Waals surface area contributed by atoms with Crippen LogP contribution in [0.5, 0.6) is 5.75 Å². The summed E-state index contributed by atoms with van der Waals surface area (Å²) in [5, 5.41) is 1.08. The van der Waals surface area contributed by atoms with E-state index in [-0.39, 0.29) is 0 Å². The summed E-state index contributed by atoms with van der Waals surface area (Å²) in [5.41, 5.74) is 1.03. The number of piperazine rings is 1. The Morgan fingerprint density at radius 2 is 1.83 bits per heavy atom. The first kappa shape index (κ1) is 15.1. The minimum absolute atomic E-state index is 0.681. The molecule has 0 N–H and O–H groups in total. The largest absolute Gasteiger partial charge is 0.494 e. The molecule has 0 atom stereocenters. The van der Waals surface area contributed by atoms with Crippen molar-refractivity contribution in [1.82, 2.24) is 15.0 Å². The summed E-state index contributed by atoms with van der Waals surface area (Å²) >= 11 is 1.73. The maximum Gasteiger partial charge on any atom is 0.225 e. The first-order chi connectivity index (χ1) is 11.8. The van der Waals surface area contributed by atoms with E-state index in [2.05, 4.69) is 25.8 Å². The number of nitrogens with zero attached hydrogens (tertiary/aromatic N) is 5. The molecule has 24 heavy (non-hydrogen) atoms. The molecule has 1 fully saturated rings. The van der Waals surface area contributed by atoms with E-state index in [4.69, 9.17) is 9.72 Å². The molecule has 1 aromatic carbocycles. The number of aromatic nitrogens is 3. The van der Waals surface area contributed by atoms with Gasteiger partial charge in [-0.05, 0) is 31.2 Å². The third kappa shape index (κ3) is 2.99. The molecule has 0 amide bonds.